The van der Waals surface area contributed by atoms with Gasteiger partial charge in [-0.05, 0) is 36.8 Å². The van der Waals surface area contributed by atoms with Crippen molar-refractivity contribution in [3.63, 3.8) is 0 Å². The molecule has 0 spiro atoms. The number of carbonyl (C=O) groups is 1. The molecule has 2 rings (SSSR count). The molecule has 0 heterocycles. The third kappa shape index (κ3) is 4.95. The van der Waals surface area contributed by atoms with E-state index >= 15 is 0 Å². The lowest BCUT2D eigenvalue weighted by Crippen LogP contribution is -2.28. The van der Waals surface area contributed by atoms with Crippen LogP contribution in [-0.4, -0.2) is 11.7 Å². The van der Waals surface area contributed by atoms with E-state index in [4.69, 9.17) is 23.2 Å². The van der Waals surface area contributed by atoms with Crippen molar-refractivity contribution in [1.29, 1.82) is 0 Å². The summed E-state index contributed by atoms with van der Waals surface area (Å²) in [5.41, 5.74) is 0.860. The van der Waals surface area contributed by atoms with Gasteiger partial charge in [-0.15, -0.1) is 11.8 Å². The second-order valence-corrected chi connectivity index (χ2v) is 6.45. The van der Waals surface area contributed by atoms with Gasteiger partial charge in [-0.25, -0.2) is 0 Å². The normalized spacial score (nSPS) is 12.0. The molecule has 1 atom stereocenters. The fraction of sp³-hybridized carbons (Fsp3) is 0.188. The molecule has 0 bridgehead atoms. The molecular formula is C16H15Cl2NOS. The summed E-state index contributed by atoms with van der Waals surface area (Å²) in [5, 5.41) is 4.09. The molecule has 0 aliphatic rings. The summed E-state index contributed by atoms with van der Waals surface area (Å²) in [5.74, 6) is 0.349. The fourth-order valence-electron chi connectivity index (χ4n) is 1.88. The summed E-state index contributed by atoms with van der Waals surface area (Å²) in [7, 11) is 0. The highest BCUT2D eigenvalue weighted by Crippen LogP contribution is 2.26. The summed E-state index contributed by atoms with van der Waals surface area (Å²) in [4.78, 5) is 13.1. The number of rotatable bonds is 5. The van der Waals surface area contributed by atoms with E-state index in [1.165, 1.54) is 11.8 Å². The number of halogens is 2. The van der Waals surface area contributed by atoms with Gasteiger partial charge >= 0.3 is 0 Å². The Morgan fingerprint density at radius 2 is 1.90 bits per heavy atom. The molecule has 0 aliphatic carbocycles. The quantitative estimate of drug-likeness (QED) is 0.779. The molecule has 21 heavy (non-hydrogen) atoms. The SMILES string of the molecule is C[C@H](NC(=O)CSc1ccccc1)c1ccc(Cl)cc1Cl. The molecule has 1 N–H and O–H groups in total. The molecule has 0 saturated carbocycles. The number of amides is 1. The van der Waals surface area contributed by atoms with Crippen LogP contribution in [-0.2, 0) is 4.79 Å². The van der Waals surface area contributed by atoms with Crippen LogP contribution < -0.4 is 5.32 Å². The zero-order chi connectivity index (χ0) is 15.2. The van der Waals surface area contributed by atoms with E-state index in [0.717, 1.165) is 10.5 Å². The monoisotopic (exact) mass is 339 g/mol. The van der Waals surface area contributed by atoms with Crippen LogP contribution in [0, 0.1) is 0 Å². The van der Waals surface area contributed by atoms with Gasteiger partial charge in [0.25, 0.3) is 0 Å². The predicted molar refractivity (Wildman–Crippen MR) is 90.2 cm³/mol. The van der Waals surface area contributed by atoms with Gasteiger partial charge in [-0.1, -0.05) is 47.5 Å². The summed E-state index contributed by atoms with van der Waals surface area (Å²) in [6, 6.07) is 15.0. The van der Waals surface area contributed by atoms with Crippen LogP contribution >= 0.6 is 35.0 Å². The third-order valence-electron chi connectivity index (χ3n) is 2.92. The highest BCUT2D eigenvalue weighted by molar-refractivity contribution is 8.00. The Morgan fingerprint density at radius 3 is 2.57 bits per heavy atom. The van der Waals surface area contributed by atoms with Gasteiger partial charge in [0.05, 0.1) is 11.8 Å². The van der Waals surface area contributed by atoms with Crippen molar-refractivity contribution in [2.45, 2.75) is 17.9 Å². The maximum atomic E-state index is 12.0. The molecule has 0 saturated heterocycles. The van der Waals surface area contributed by atoms with Crippen LogP contribution in [0.1, 0.15) is 18.5 Å². The maximum absolute atomic E-state index is 12.0. The van der Waals surface area contributed by atoms with Gasteiger partial charge in [-0.3, -0.25) is 4.79 Å². The zero-order valence-corrected chi connectivity index (χ0v) is 13.8. The predicted octanol–water partition coefficient (Wildman–Crippen LogP) is 4.96. The minimum absolute atomic E-state index is 0.0256. The van der Waals surface area contributed by atoms with Crippen molar-refractivity contribution in [3.05, 3.63) is 64.1 Å². The highest BCUT2D eigenvalue weighted by atomic mass is 35.5. The van der Waals surface area contributed by atoms with E-state index in [1.807, 2.05) is 43.3 Å². The Hall–Kier alpha value is -1.16. The first-order valence-corrected chi connectivity index (χ1v) is 8.22. The van der Waals surface area contributed by atoms with Crippen LogP contribution in [0.5, 0.6) is 0 Å². The molecule has 2 nitrogen and oxygen atoms in total. The van der Waals surface area contributed by atoms with Crippen molar-refractivity contribution < 1.29 is 4.79 Å². The van der Waals surface area contributed by atoms with Gasteiger partial charge in [0.1, 0.15) is 0 Å². The molecule has 0 fully saturated rings. The summed E-state index contributed by atoms with van der Waals surface area (Å²) in [6.07, 6.45) is 0. The average Bonchev–Trinajstić information content (AvgIpc) is 2.46. The Kier molecular flexibility index (Phi) is 5.97. The van der Waals surface area contributed by atoms with Crippen molar-refractivity contribution in [1.82, 2.24) is 5.32 Å². The standard InChI is InChI=1S/C16H15Cl2NOS/c1-11(14-8-7-12(17)9-15(14)18)19-16(20)10-21-13-5-3-2-4-6-13/h2-9,11H,10H2,1H3,(H,19,20)/t11-/m0/s1. The van der Waals surface area contributed by atoms with Crippen molar-refractivity contribution in [2.75, 3.05) is 5.75 Å². The second kappa shape index (κ2) is 7.74. The molecular weight excluding hydrogens is 325 g/mol. The lowest BCUT2D eigenvalue weighted by molar-refractivity contribution is -0.119. The molecule has 2 aromatic rings. The van der Waals surface area contributed by atoms with Crippen molar-refractivity contribution in [3.8, 4) is 0 Å². The zero-order valence-electron chi connectivity index (χ0n) is 11.5. The number of hydrogen-bond donors (Lipinski definition) is 1. The van der Waals surface area contributed by atoms with Crippen LogP contribution in [0.4, 0.5) is 0 Å². The molecule has 0 aliphatic heterocycles. The summed E-state index contributed by atoms with van der Waals surface area (Å²) in [6.45, 7) is 1.90. The number of carbonyl (C=O) groups excluding carboxylic acids is 1. The minimum Gasteiger partial charge on any atom is -0.349 e. The van der Waals surface area contributed by atoms with Gasteiger partial charge < -0.3 is 5.32 Å². The van der Waals surface area contributed by atoms with E-state index < -0.39 is 0 Å². The summed E-state index contributed by atoms with van der Waals surface area (Å²) >= 11 is 13.5. The van der Waals surface area contributed by atoms with Crippen LogP contribution in [0.15, 0.2) is 53.4 Å². The Balaban J connectivity index is 1.90. The van der Waals surface area contributed by atoms with Crippen LogP contribution in [0.25, 0.3) is 0 Å². The fourth-order valence-corrected chi connectivity index (χ4v) is 3.18. The van der Waals surface area contributed by atoms with E-state index in [9.17, 15) is 4.79 Å². The maximum Gasteiger partial charge on any atom is 0.230 e. The van der Waals surface area contributed by atoms with E-state index in [2.05, 4.69) is 5.32 Å². The van der Waals surface area contributed by atoms with Crippen molar-refractivity contribution >= 4 is 40.9 Å². The van der Waals surface area contributed by atoms with Crippen molar-refractivity contribution in [2.24, 2.45) is 0 Å². The summed E-state index contributed by atoms with van der Waals surface area (Å²) < 4.78 is 0. The molecule has 5 heteroatoms. The minimum atomic E-state index is -0.154. The van der Waals surface area contributed by atoms with Gasteiger partial charge in [0.2, 0.25) is 5.91 Å². The topological polar surface area (TPSA) is 29.1 Å². The number of nitrogens with one attached hydrogen (secondary N) is 1. The third-order valence-corrected chi connectivity index (χ3v) is 4.49. The molecule has 1 amide bonds. The highest BCUT2D eigenvalue weighted by Gasteiger charge is 2.13. The lowest BCUT2D eigenvalue weighted by atomic mass is 10.1. The first-order valence-electron chi connectivity index (χ1n) is 6.48. The number of benzene rings is 2. The largest absolute Gasteiger partial charge is 0.349 e. The smallest absolute Gasteiger partial charge is 0.230 e. The Labute approximate surface area is 138 Å². The Morgan fingerprint density at radius 1 is 1.19 bits per heavy atom. The number of hydrogen-bond acceptors (Lipinski definition) is 2. The van der Waals surface area contributed by atoms with Crippen LogP contribution in [0.3, 0.4) is 0 Å². The van der Waals surface area contributed by atoms with Gasteiger partial charge in [-0.2, -0.15) is 0 Å². The molecule has 0 aromatic heterocycles. The lowest BCUT2D eigenvalue weighted by Gasteiger charge is -2.16. The van der Waals surface area contributed by atoms with E-state index in [1.54, 1.807) is 12.1 Å². The second-order valence-electron chi connectivity index (χ2n) is 4.56. The molecule has 110 valence electrons. The first kappa shape index (κ1) is 16.2. The Bertz CT molecular complexity index is 619. The molecule has 2 aromatic carbocycles. The first-order chi connectivity index (χ1) is 10.1. The van der Waals surface area contributed by atoms with Crippen LogP contribution in [0.2, 0.25) is 10.0 Å². The van der Waals surface area contributed by atoms with Gasteiger partial charge in [0, 0.05) is 14.9 Å². The van der Waals surface area contributed by atoms with E-state index in [-0.39, 0.29) is 11.9 Å². The molecule has 0 unspecified atom stereocenters. The van der Waals surface area contributed by atoms with Gasteiger partial charge in [0.15, 0.2) is 0 Å². The average molecular weight is 340 g/mol. The number of thioether (sulfide) groups is 1. The molecule has 0 radical (unpaired) electrons. The van der Waals surface area contributed by atoms with E-state index in [0.29, 0.717) is 15.8 Å².